The Balaban J connectivity index is 1.53. The Bertz CT molecular complexity index is 661. The molecule has 0 unspecified atom stereocenters. The SMILES string of the molecule is O=C(CN1C(=O)c2ccccc2C1=O)OCC(=O)N1CCOCC1. The molecule has 1 aromatic rings. The van der Waals surface area contributed by atoms with E-state index >= 15 is 0 Å². The molecule has 0 bridgehead atoms. The number of amides is 3. The van der Waals surface area contributed by atoms with E-state index < -0.39 is 30.9 Å². The molecule has 1 fully saturated rings. The summed E-state index contributed by atoms with van der Waals surface area (Å²) in [6.07, 6.45) is 0. The van der Waals surface area contributed by atoms with Gasteiger partial charge in [0.15, 0.2) is 6.61 Å². The van der Waals surface area contributed by atoms with Crippen molar-refractivity contribution in [1.82, 2.24) is 9.80 Å². The second-order valence-electron chi connectivity index (χ2n) is 5.40. The Morgan fingerprint density at radius 3 is 2.21 bits per heavy atom. The average molecular weight is 332 g/mol. The molecule has 0 spiro atoms. The zero-order valence-electron chi connectivity index (χ0n) is 12.9. The molecule has 2 aliphatic rings. The highest BCUT2D eigenvalue weighted by atomic mass is 16.5. The number of carbonyl (C=O) groups is 4. The fourth-order valence-electron chi connectivity index (χ4n) is 2.60. The second kappa shape index (κ2) is 6.79. The minimum atomic E-state index is -0.800. The predicted molar refractivity (Wildman–Crippen MR) is 80.2 cm³/mol. The van der Waals surface area contributed by atoms with Crippen molar-refractivity contribution in [2.24, 2.45) is 0 Å². The van der Waals surface area contributed by atoms with Crippen LogP contribution < -0.4 is 0 Å². The second-order valence-corrected chi connectivity index (χ2v) is 5.40. The molecule has 0 radical (unpaired) electrons. The first kappa shape index (κ1) is 16.1. The Morgan fingerprint density at radius 2 is 1.62 bits per heavy atom. The summed E-state index contributed by atoms with van der Waals surface area (Å²) >= 11 is 0. The number of hydrogen-bond donors (Lipinski definition) is 0. The molecule has 8 heteroatoms. The van der Waals surface area contributed by atoms with Gasteiger partial charge in [-0.3, -0.25) is 24.1 Å². The van der Waals surface area contributed by atoms with Crippen molar-refractivity contribution < 1.29 is 28.7 Å². The van der Waals surface area contributed by atoms with E-state index in [-0.39, 0.29) is 17.0 Å². The highest BCUT2D eigenvalue weighted by Crippen LogP contribution is 2.22. The minimum absolute atomic E-state index is 0.264. The molecular formula is C16H16N2O6. The van der Waals surface area contributed by atoms with E-state index in [9.17, 15) is 19.2 Å². The molecule has 2 heterocycles. The summed E-state index contributed by atoms with van der Waals surface area (Å²) in [5.41, 5.74) is 0.527. The van der Waals surface area contributed by atoms with Crippen molar-refractivity contribution in [1.29, 1.82) is 0 Å². The zero-order valence-corrected chi connectivity index (χ0v) is 12.9. The molecule has 1 saturated heterocycles. The van der Waals surface area contributed by atoms with Crippen LogP contribution in [0.1, 0.15) is 20.7 Å². The van der Waals surface area contributed by atoms with Gasteiger partial charge in [0, 0.05) is 13.1 Å². The maximum absolute atomic E-state index is 12.1. The summed E-state index contributed by atoms with van der Waals surface area (Å²) in [5, 5.41) is 0. The van der Waals surface area contributed by atoms with E-state index in [4.69, 9.17) is 9.47 Å². The van der Waals surface area contributed by atoms with Gasteiger partial charge >= 0.3 is 5.97 Å². The third kappa shape index (κ3) is 3.13. The van der Waals surface area contributed by atoms with Gasteiger partial charge in [-0.2, -0.15) is 0 Å². The van der Waals surface area contributed by atoms with Crippen LogP contribution in [0, 0.1) is 0 Å². The molecule has 126 valence electrons. The number of fused-ring (bicyclic) bond motifs is 1. The Labute approximate surface area is 137 Å². The van der Waals surface area contributed by atoms with Crippen molar-refractivity contribution in [3.63, 3.8) is 0 Å². The summed E-state index contributed by atoms with van der Waals surface area (Å²) in [6, 6.07) is 6.35. The van der Waals surface area contributed by atoms with Crippen molar-refractivity contribution in [2.45, 2.75) is 0 Å². The quantitative estimate of drug-likeness (QED) is 0.554. The lowest BCUT2D eigenvalue weighted by atomic mass is 10.1. The van der Waals surface area contributed by atoms with Crippen LogP contribution in [-0.2, 0) is 19.1 Å². The average Bonchev–Trinajstić information content (AvgIpc) is 2.86. The van der Waals surface area contributed by atoms with Crippen LogP contribution in [-0.4, -0.2) is 72.9 Å². The minimum Gasteiger partial charge on any atom is -0.454 e. The van der Waals surface area contributed by atoms with Gasteiger partial charge < -0.3 is 14.4 Å². The molecule has 1 aromatic carbocycles. The topological polar surface area (TPSA) is 93.2 Å². The zero-order chi connectivity index (χ0) is 17.1. The standard InChI is InChI=1S/C16H16N2O6/c19-13(17-5-7-23-8-6-17)10-24-14(20)9-18-15(21)11-3-1-2-4-12(11)16(18)22/h1-4H,5-10H2. The molecule has 8 nitrogen and oxygen atoms in total. The van der Waals surface area contributed by atoms with E-state index in [0.717, 1.165) is 4.90 Å². The van der Waals surface area contributed by atoms with E-state index in [0.29, 0.717) is 26.3 Å². The number of nitrogens with zero attached hydrogens (tertiary/aromatic N) is 2. The van der Waals surface area contributed by atoms with Crippen LogP contribution in [0.4, 0.5) is 0 Å². The molecule has 0 aromatic heterocycles. The number of ether oxygens (including phenoxy) is 2. The smallest absolute Gasteiger partial charge is 0.326 e. The lowest BCUT2D eigenvalue weighted by Gasteiger charge is -2.26. The summed E-state index contributed by atoms with van der Waals surface area (Å²) in [5.74, 6) is -2.20. The lowest BCUT2D eigenvalue weighted by Crippen LogP contribution is -2.43. The van der Waals surface area contributed by atoms with Crippen LogP contribution in [0.15, 0.2) is 24.3 Å². The molecule has 0 N–H and O–H groups in total. The van der Waals surface area contributed by atoms with Gasteiger partial charge in [0.1, 0.15) is 6.54 Å². The number of morpholine rings is 1. The van der Waals surface area contributed by atoms with Gasteiger partial charge in [0.25, 0.3) is 17.7 Å². The number of rotatable bonds is 4. The van der Waals surface area contributed by atoms with Crippen LogP contribution in [0.5, 0.6) is 0 Å². The fraction of sp³-hybridized carbons (Fsp3) is 0.375. The molecule has 24 heavy (non-hydrogen) atoms. The van der Waals surface area contributed by atoms with Crippen molar-refractivity contribution in [3.05, 3.63) is 35.4 Å². The highest BCUT2D eigenvalue weighted by molar-refractivity contribution is 6.22. The summed E-state index contributed by atoms with van der Waals surface area (Å²) in [6.45, 7) is 0.887. The monoisotopic (exact) mass is 332 g/mol. The van der Waals surface area contributed by atoms with E-state index in [2.05, 4.69) is 0 Å². The van der Waals surface area contributed by atoms with Gasteiger partial charge in [0.2, 0.25) is 0 Å². The molecule has 0 atom stereocenters. The number of benzene rings is 1. The maximum atomic E-state index is 12.1. The Kier molecular flexibility index (Phi) is 4.57. The molecule has 3 rings (SSSR count). The molecule has 0 aliphatic carbocycles. The number of imide groups is 1. The number of esters is 1. The molecule has 0 saturated carbocycles. The number of carbonyl (C=O) groups excluding carboxylic acids is 4. The van der Waals surface area contributed by atoms with Crippen LogP contribution >= 0.6 is 0 Å². The van der Waals surface area contributed by atoms with Crippen LogP contribution in [0.3, 0.4) is 0 Å². The number of hydrogen-bond acceptors (Lipinski definition) is 6. The van der Waals surface area contributed by atoms with Gasteiger partial charge in [-0.05, 0) is 12.1 Å². The Hall–Kier alpha value is -2.74. The molecular weight excluding hydrogens is 316 g/mol. The van der Waals surface area contributed by atoms with Crippen molar-refractivity contribution in [2.75, 3.05) is 39.5 Å². The third-order valence-corrected chi connectivity index (χ3v) is 3.89. The van der Waals surface area contributed by atoms with Gasteiger partial charge in [0.05, 0.1) is 24.3 Å². The van der Waals surface area contributed by atoms with Gasteiger partial charge in [-0.25, -0.2) is 0 Å². The Morgan fingerprint density at radius 1 is 1.04 bits per heavy atom. The highest BCUT2D eigenvalue weighted by Gasteiger charge is 2.36. The van der Waals surface area contributed by atoms with E-state index in [1.807, 2.05) is 0 Å². The largest absolute Gasteiger partial charge is 0.454 e. The fourth-order valence-corrected chi connectivity index (χ4v) is 2.60. The first-order chi connectivity index (χ1) is 11.6. The van der Waals surface area contributed by atoms with Crippen molar-refractivity contribution >= 4 is 23.7 Å². The maximum Gasteiger partial charge on any atom is 0.326 e. The molecule has 2 aliphatic heterocycles. The van der Waals surface area contributed by atoms with Crippen LogP contribution in [0.25, 0.3) is 0 Å². The first-order valence-electron chi connectivity index (χ1n) is 7.54. The van der Waals surface area contributed by atoms with Crippen molar-refractivity contribution in [3.8, 4) is 0 Å². The van der Waals surface area contributed by atoms with Gasteiger partial charge in [-0.1, -0.05) is 12.1 Å². The summed E-state index contributed by atoms with van der Waals surface area (Å²) in [4.78, 5) is 50.4. The third-order valence-electron chi connectivity index (χ3n) is 3.89. The summed E-state index contributed by atoms with van der Waals surface area (Å²) in [7, 11) is 0. The predicted octanol–water partition coefficient (Wildman–Crippen LogP) is -0.315. The van der Waals surface area contributed by atoms with Crippen LogP contribution in [0.2, 0.25) is 0 Å². The molecule has 3 amide bonds. The first-order valence-corrected chi connectivity index (χ1v) is 7.54. The lowest BCUT2D eigenvalue weighted by molar-refractivity contribution is -0.153. The van der Waals surface area contributed by atoms with E-state index in [1.54, 1.807) is 17.0 Å². The van der Waals surface area contributed by atoms with E-state index in [1.165, 1.54) is 12.1 Å². The van der Waals surface area contributed by atoms with Gasteiger partial charge in [-0.15, -0.1) is 0 Å². The normalized spacial score (nSPS) is 17.0. The summed E-state index contributed by atoms with van der Waals surface area (Å²) < 4.78 is 10.0.